The van der Waals surface area contributed by atoms with Crippen molar-refractivity contribution in [2.75, 3.05) is 24.5 Å². The van der Waals surface area contributed by atoms with Crippen molar-refractivity contribution in [3.63, 3.8) is 0 Å². The number of aryl methyl sites for hydroxylation is 1. The van der Waals surface area contributed by atoms with Gasteiger partial charge in [0, 0.05) is 53.4 Å². The van der Waals surface area contributed by atoms with Gasteiger partial charge in [0.1, 0.15) is 5.82 Å². The van der Waals surface area contributed by atoms with Gasteiger partial charge in [-0.15, -0.1) is 0 Å². The second-order valence-corrected chi connectivity index (χ2v) is 8.09. The van der Waals surface area contributed by atoms with Crippen molar-refractivity contribution < 1.29 is 9.18 Å². The number of rotatable bonds is 3. The average molecular weight is 409 g/mol. The monoisotopic (exact) mass is 408 g/mol. The molecule has 158 valence electrons. The second kappa shape index (κ2) is 9.30. The Balaban J connectivity index is 0.000000204. The number of hydrogen-bond acceptors (Lipinski definition) is 3. The van der Waals surface area contributed by atoms with Gasteiger partial charge in [-0.2, -0.15) is 0 Å². The summed E-state index contributed by atoms with van der Waals surface area (Å²) in [4.78, 5) is 15.8. The van der Waals surface area contributed by atoms with E-state index in [9.17, 15) is 9.18 Å². The third-order valence-electron chi connectivity index (χ3n) is 5.97. The molecule has 0 radical (unpaired) electrons. The quantitative estimate of drug-likeness (QED) is 0.580. The van der Waals surface area contributed by atoms with Crippen LogP contribution in [0.3, 0.4) is 0 Å². The van der Waals surface area contributed by atoms with E-state index in [4.69, 9.17) is 0 Å². The molecule has 3 aromatic rings. The van der Waals surface area contributed by atoms with E-state index >= 15 is 0 Å². The molecular formula is C24H29FN4O. The van der Waals surface area contributed by atoms with Gasteiger partial charge in [0.05, 0.1) is 0 Å². The lowest BCUT2D eigenvalue weighted by atomic mass is 10.0. The molecule has 2 aliphatic rings. The first-order valence-corrected chi connectivity index (χ1v) is 10.6. The Hall–Kier alpha value is -2.86. The predicted molar refractivity (Wildman–Crippen MR) is 119 cm³/mol. The summed E-state index contributed by atoms with van der Waals surface area (Å²) in [7, 11) is 0. The molecule has 3 N–H and O–H groups in total. The number of carbonyl (C=O) groups excluding carboxylic acids is 1. The smallest absolute Gasteiger partial charge is 0.207 e. The van der Waals surface area contributed by atoms with E-state index in [0.29, 0.717) is 6.04 Å². The number of benzene rings is 2. The minimum atomic E-state index is -0.181. The third kappa shape index (κ3) is 4.65. The van der Waals surface area contributed by atoms with Crippen LogP contribution in [0.2, 0.25) is 0 Å². The van der Waals surface area contributed by atoms with Crippen molar-refractivity contribution in [3.05, 3.63) is 65.1 Å². The molecule has 0 spiro atoms. The molecule has 0 aliphatic carbocycles. The topological polar surface area (TPSA) is 60.2 Å². The highest BCUT2D eigenvalue weighted by molar-refractivity contribution is 5.86. The summed E-state index contributed by atoms with van der Waals surface area (Å²) in [5, 5.41) is 7.30. The zero-order valence-corrected chi connectivity index (χ0v) is 17.4. The molecule has 1 amide bonds. The summed E-state index contributed by atoms with van der Waals surface area (Å²) < 4.78 is 13.1. The van der Waals surface area contributed by atoms with E-state index in [1.54, 1.807) is 0 Å². The van der Waals surface area contributed by atoms with Crippen LogP contribution in [0.1, 0.15) is 29.7 Å². The Morgan fingerprint density at radius 3 is 2.63 bits per heavy atom. The Kier molecular flexibility index (Phi) is 6.33. The van der Waals surface area contributed by atoms with Crippen LogP contribution in [0.25, 0.3) is 10.9 Å². The first-order chi connectivity index (χ1) is 14.6. The first kappa shape index (κ1) is 20.4. The summed E-state index contributed by atoms with van der Waals surface area (Å²) in [6.45, 7) is 6.03. The van der Waals surface area contributed by atoms with Gasteiger partial charge < -0.3 is 20.5 Å². The van der Waals surface area contributed by atoms with Gasteiger partial charge in [-0.05, 0) is 69.3 Å². The number of carbonyl (C=O) groups is 1. The molecule has 30 heavy (non-hydrogen) atoms. The highest BCUT2D eigenvalue weighted by Crippen LogP contribution is 2.30. The van der Waals surface area contributed by atoms with Gasteiger partial charge in [-0.3, -0.25) is 4.79 Å². The second-order valence-electron chi connectivity index (χ2n) is 8.09. The molecule has 0 bridgehead atoms. The number of anilines is 1. The van der Waals surface area contributed by atoms with Crippen LogP contribution in [0.4, 0.5) is 10.1 Å². The summed E-state index contributed by atoms with van der Waals surface area (Å²) in [5.74, 6) is -0.181. The normalized spacial score (nSPS) is 16.5. The fraction of sp³-hybridized carbons (Fsp3) is 0.375. The highest BCUT2D eigenvalue weighted by Gasteiger charge is 2.21. The van der Waals surface area contributed by atoms with Crippen molar-refractivity contribution >= 4 is 23.0 Å². The molecule has 0 atom stereocenters. The minimum absolute atomic E-state index is 0.181. The van der Waals surface area contributed by atoms with Gasteiger partial charge in [-0.1, -0.05) is 11.6 Å². The van der Waals surface area contributed by atoms with Crippen LogP contribution in [0, 0.1) is 12.7 Å². The Morgan fingerprint density at radius 2 is 1.90 bits per heavy atom. The summed E-state index contributed by atoms with van der Waals surface area (Å²) in [5.41, 5.74) is 6.30. The zero-order valence-electron chi connectivity index (χ0n) is 17.4. The number of H-pyrrole nitrogens is 1. The number of nitrogens with one attached hydrogen (secondary N) is 3. The Morgan fingerprint density at radius 1 is 1.13 bits per heavy atom. The highest BCUT2D eigenvalue weighted by atomic mass is 19.1. The summed E-state index contributed by atoms with van der Waals surface area (Å²) >= 11 is 0. The minimum Gasteiger partial charge on any atom is -0.367 e. The molecular weight excluding hydrogens is 379 g/mol. The fourth-order valence-corrected chi connectivity index (χ4v) is 4.29. The lowest BCUT2D eigenvalue weighted by Crippen LogP contribution is -2.39. The molecule has 1 aromatic heterocycles. The molecule has 0 saturated carbocycles. The van der Waals surface area contributed by atoms with Crippen LogP contribution < -0.4 is 15.5 Å². The number of piperidine rings is 1. The lowest BCUT2D eigenvalue weighted by molar-refractivity contribution is -0.110. The molecule has 1 fully saturated rings. The van der Waals surface area contributed by atoms with Crippen molar-refractivity contribution in [1.29, 1.82) is 0 Å². The molecule has 2 aliphatic heterocycles. The van der Waals surface area contributed by atoms with E-state index in [2.05, 4.69) is 45.6 Å². The molecule has 5 nitrogen and oxygen atoms in total. The number of nitrogens with zero attached hydrogens (tertiary/aromatic N) is 1. The van der Waals surface area contributed by atoms with Crippen LogP contribution >= 0.6 is 0 Å². The molecule has 1 saturated heterocycles. The SMILES string of the molecule is Cc1ccc2[nH]c3c(c2c1)CN(c1ccc(F)cc1)CC3.O=CNC1CCNCC1. The maximum Gasteiger partial charge on any atom is 0.207 e. The van der Waals surface area contributed by atoms with Gasteiger partial charge in [-0.25, -0.2) is 4.39 Å². The fourth-order valence-electron chi connectivity index (χ4n) is 4.29. The average Bonchev–Trinajstić information content (AvgIpc) is 3.13. The van der Waals surface area contributed by atoms with E-state index in [1.165, 1.54) is 39.9 Å². The van der Waals surface area contributed by atoms with Gasteiger partial charge in [0.15, 0.2) is 0 Å². The van der Waals surface area contributed by atoms with Crippen LogP contribution in [0.5, 0.6) is 0 Å². The molecule has 3 heterocycles. The molecule has 2 aromatic carbocycles. The molecule has 5 rings (SSSR count). The summed E-state index contributed by atoms with van der Waals surface area (Å²) in [6.07, 6.45) is 3.92. The number of halogens is 1. The summed E-state index contributed by atoms with van der Waals surface area (Å²) in [6, 6.07) is 13.8. The van der Waals surface area contributed by atoms with E-state index in [0.717, 1.165) is 57.5 Å². The van der Waals surface area contributed by atoms with E-state index in [1.807, 2.05) is 12.1 Å². The molecule has 6 heteroatoms. The zero-order chi connectivity index (χ0) is 20.9. The standard InChI is InChI=1S/C18H17FN2.C6H12N2O/c1-12-2-7-17-15(10-12)16-11-21(9-8-18(16)20-17)14-5-3-13(19)4-6-14;9-5-8-6-1-3-7-4-2-6/h2-7,10,20H,8-9,11H2,1H3;5-7H,1-4H2,(H,8,9). The van der Waals surface area contributed by atoms with Crippen LogP contribution in [-0.4, -0.2) is 37.1 Å². The van der Waals surface area contributed by atoms with E-state index in [-0.39, 0.29) is 5.82 Å². The third-order valence-corrected chi connectivity index (χ3v) is 5.97. The maximum atomic E-state index is 13.1. The van der Waals surface area contributed by atoms with Crippen molar-refractivity contribution in [2.24, 2.45) is 0 Å². The van der Waals surface area contributed by atoms with Crippen LogP contribution in [0.15, 0.2) is 42.5 Å². The predicted octanol–water partition coefficient (Wildman–Crippen LogP) is 3.66. The van der Waals surface area contributed by atoms with Crippen molar-refractivity contribution in [2.45, 2.75) is 38.8 Å². The number of aromatic nitrogens is 1. The number of aromatic amines is 1. The van der Waals surface area contributed by atoms with Crippen LogP contribution in [-0.2, 0) is 17.8 Å². The van der Waals surface area contributed by atoms with Gasteiger partial charge in [0.25, 0.3) is 0 Å². The number of fused-ring (bicyclic) bond motifs is 3. The van der Waals surface area contributed by atoms with Crippen molar-refractivity contribution in [1.82, 2.24) is 15.6 Å². The lowest BCUT2D eigenvalue weighted by Gasteiger charge is -2.29. The maximum absolute atomic E-state index is 13.1. The largest absolute Gasteiger partial charge is 0.367 e. The first-order valence-electron chi connectivity index (χ1n) is 10.6. The molecule has 0 unspecified atom stereocenters. The Labute approximate surface area is 176 Å². The van der Waals surface area contributed by atoms with Crippen molar-refractivity contribution in [3.8, 4) is 0 Å². The number of amides is 1. The Bertz CT molecular complexity index is 992. The van der Waals surface area contributed by atoms with Gasteiger partial charge in [0.2, 0.25) is 6.41 Å². The van der Waals surface area contributed by atoms with E-state index < -0.39 is 0 Å². The number of hydrogen-bond donors (Lipinski definition) is 3. The van der Waals surface area contributed by atoms with Gasteiger partial charge >= 0.3 is 0 Å².